The highest BCUT2D eigenvalue weighted by Gasteiger charge is 2.36. The van der Waals surface area contributed by atoms with E-state index in [4.69, 9.17) is 0 Å². The number of carbonyl (C=O) groups is 6. The van der Waals surface area contributed by atoms with Crippen LogP contribution in [-0.4, -0.2) is 97.1 Å². The first-order valence-corrected chi connectivity index (χ1v) is 19.1. The SMILES string of the molecule is CC(=O)C(CO)NC(=O)[C@H](CCCC[N+](C)(C)C)CC(=O)[C@@H](NC(=O)[C@H](C)CC(=O)[C@H](Cc1ccccc1)NC(=O)c1ccc(C)cc1)C1CCCC1. The lowest BCUT2D eigenvalue weighted by molar-refractivity contribution is -0.870. The van der Waals surface area contributed by atoms with Crippen LogP contribution in [-0.2, 0) is 30.4 Å². The molecule has 1 saturated carbocycles. The average molecular weight is 734 g/mol. The molecule has 2 aromatic carbocycles. The van der Waals surface area contributed by atoms with Gasteiger partial charge in [0.1, 0.15) is 6.04 Å². The van der Waals surface area contributed by atoms with Crippen molar-refractivity contribution in [3.63, 3.8) is 0 Å². The van der Waals surface area contributed by atoms with Crippen LogP contribution in [0.3, 0.4) is 0 Å². The molecular weight excluding hydrogens is 672 g/mol. The molecule has 53 heavy (non-hydrogen) atoms. The Hall–Kier alpha value is -4.22. The van der Waals surface area contributed by atoms with E-state index < -0.39 is 48.4 Å². The standard InChI is InChI=1S/C42H60N4O7/c1-28-19-21-33(22-20-28)41(52)43-35(25-31-14-8-7-9-15-31)37(49)24-29(2)40(51)45-39(32-16-10-11-17-32)38(50)26-34(18-12-13-23-46(4,5)6)42(53)44-36(27-47)30(3)48/h7-9,14-15,19-22,29,32,34-36,39,47H,10-13,16-18,23-27H2,1-6H3,(H2-,43,44,45,51,52,53)/p+1/t29-,34-,35+,36?,39+/m1/s1. The molecule has 1 aliphatic rings. The molecule has 1 unspecified atom stereocenters. The van der Waals surface area contributed by atoms with Crippen molar-refractivity contribution in [3.8, 4) is 0 Å². The Balaban J connectivity index is 1.75. The van der Waals surface area contributed by atoms with Gasteiger partial charge >= 0.3 is 0 Å². The number of carbonyl (C=O) groups excluding carboxylic acids is 6. The van der Waals surface area contributed by atoms with Crippen molar-refractivity contribution in [3.05, 3.63) is 71.3 Å². The Morgan fingerprint density at radius 1 is 0.792 bits per heavy atom. The van der Waals surface area contributed by atoms with Gasteiger partial charge in [0.25, 0.3) is 5.91 Å². The van der Waals surface area contributed by atoms with E-state index in [0.717, 1.165) is 54.3 Å². The Bertz CT molecular complexity index is 1530. The molecule has 0 saturated heterocycles. The first-order chi connectivity index (χ1) is 25.1. The van der Waals surface area contributed by atoms with Crippen LogP contribution >= 0.6 is 0 Å². The summed E-state index contributed by atoms with van der Waals surface area (Å²) in [6, 6.07) is 13.7. The van der Waals surface area contributed by atoms with Gasteiger partial charge in [0.05, 0.1) is 46.4 Å². The van der Waals surface area contributed by atoms with Gasteiger partial charge in [0, 0.05) is 30.2 Å². The molecule has 0 aromatic heterocycles. The average Bonchev–Trinajstić information content (AvgIpc) is 3.65. The molecule has 3 rings (SSSR count). The number of aliphatic hydroxyl groups is 1. The van der Waals surface area contributed by atoms with Crippen molar-refractivity contribution >= 4 is 35.1 Å². The van der Waals surface area contributed by atoms with Crippen LogP contribution < -0.4 is 16.0 Å². The third kappa shape index (κ3) is 14.6. The number of hydrogen-bond donors (Lipinski definition) is 4. The number of ketones is 3. The normalized spacial score (nSPS) is 16.1. The van der Waals surface area contributed by atoms with Crippen LogP contribution in [0.15, 0.2) is 54.6 Å². The summed E-state index contributed by atoms with van der Waals surface area (Å²) in [6.07, 6.45) is 5.29. The summed E-state index contributed by atoms with van der Waals surface area (Å²) in [4.78, 5) is 80.2. The number of amides is 3. The molecule has 11 nitrogen and oxygen atoms in total. The van der Waals surface area contributed by atoms with Crippen molar-refractivity contribution in [2.24, 2.45) is 17.8 Å². The van der Waals surface area contributed by atoms with E-state index in [2.05, 4.69) is 37.1 Å². The van der Waals surface area contributed by atoms with Crippen LogP contribution in [0, 0.1) is 24.7 Å². The number of unbranched alkanes of at least 4 members (excludes halogenated alkanes) is 1. The molecule has 0 radical (unpaired) electrons. The second kappa shape index (κ2) is 20.9. The highest BCUT2D eigenvalue weighted by atomic mass is 16.3. The minimum atomic E-state index is -1.05. The third-order valence-electron chi connectivity index (χ3n) is 10.2. The number of aliphatic hydroxyl groups excluding tert-OH is 1. The number of hydrogen-bond acceptors (Lipinski definition) is 7. The van der Waals surface area contributed by atoms with Crippen molar-refractivity contribution < 1.29 is 38.4 Å². The van der Waals surface area contributed by atoms with Crippen LogP contribution in [0.25, 0.3) is 0 Å². The lowest BCUT2D eigenvalue weighted by Crippen LogP contribution is -2.50. The predicted octanol–water partition coefficient (Wildman–Crippen LogP) is 4.12. The van der Waals surface area contributed by atoms with E-state index in [1.807, 2.05) is 49.4 Å². The highest BCUT2D eigenvalue weighted by molar-refractivity contribution is 5.99. The first-order valence-electron chi connectivity index (χ1n) is 19.1. The molecule has 2 aromatic rings. The largest absolute Gasteiger partial charge is 0.394 e. The topological polar surface area (TPSA) is 159 Å². The Morgan fingerprint density at radius 3 is 2.02 bits per heavy atom. The molecule has 11 heteroatoms. The van der Waals surface area contributed by atoms with Gasteiger partial charge in [-0.1, -0.05) is 67.8 Å². The van der Waals surface area contributed by atoms with E-state index in [9.17, 15) is 33.9 Å². The van der Waals surface area contributed by atoms with Gasteiger partial charge in [-0.3, -0.25) is 28.8 Å². The van der Waals surface area contributed by atoms with Crippen molar-refractivity contribution in [2.75, 3.05) is 34.3 Å². The maximum atomic E-state index is 14.1. The van der Waals surface area contributed by atoms with Crippen molar-refractivity contribution in [2.45, 2.75) is 103 Å². The van der Waals surface area contributed by atoms with Gasteiger partial charge in [-0.15, -0.1) is 0 Å². The van der Waals surface area contributed by atoms with Crippen LogP contribution in [0.4, 0.5) is 0 Å². The number of aryl methyl sites for hydroxylation is 1. The van der Waals surface area contributed by atoms with Crippen molar-refractivity contribution in [1.29, 1.82) is 0 Å². The summed E-state index contributed by atoms with van der Waals surface area (Å²) < 4.78 is 0.759. The molecule has 1 fully saturated rings. The molecule has 3 amide bonds. The Morgan fingerprint density at radius 2 is 1.43 bits per heavy atom. The maximum Gasteiger partial charge on any atom is 0.251 e. The van der Waals surface area contributed by atoms with E-state index in [1.165, 1.54) is 6.92 Å². The number of nitrogens with zero attached hydrogens (tertiary/aromatic N) is 1. The van der Waals surface area contributed by atoms with E-state index >= 15 is 0 Å². The Kier molecular flexibility index (Phi) is 17.0. The quantitative estimate of drug-likeness (QED) is 0.105. The monoisotopic (exact) mass is 733 g/mol. The lowest BCUT2D eigenvalue weighted by Gasteiger charge is -2.28. The zero-order valence-corrected chi connectivity index (χ0v) is 32.5. The number of Topliss-reactive ketones (excluding diaryl/α,β-unsaturated/α-hetero) is 3. The van der Waals surface area contributed by atoms with Gasteiger partial charge < -0.3 is 25.5 Å². The molecule has 0 spiro atoms. The van der Waals surface area contributed by atoms with Crippen LogP contribution in [0.5, 0.6) is 0 Å². The molecule has 4 N–H and O–H groups in total. The summed E-state index contributed by atoms with van der Waals surface area (Å²) in [7, 11) is 6.25. The number of nitrogens with one attached hydrogen (secondary N) is 3. The fraction of sp³-hybridized carbons (Fsp3) is 0.571. The number of rotatable bonds is 22. The molecular formula is C42H61N4O7+. The smallest absolute Gasteiger partial charge is 0.251 e. The van der Waals surface area contributed by atoms with Gasteiger partial charge in [0.2, 0.25) is 11.8 Å². The third-order valence-corrected chi connectivity index (χ3v) is 10.2. The molecule has 0 bridgehead atoms. The molecule has 5 atom stereocenters. The zero-order chi connectivity index (χ0) is 39.1. The molecule has 290 valence electrons. The minimum absolute atomic E-state index is 0.0988. The molecule has 0 heterocycles. The van der Waals surface area contributed by atoms with Crippen LogP contribution in [0.2, 0.25) is 0 Å². The maximum absolute atomic E-state index is 14.1. The second-order valence-electron chi connectivity index (χ2n) is 15.9. The fourth-order valence-corrected chi connectivity index (χ4v) is 6.86. The van der Waals surface area contributed by atoms with Gasteiger partial charge in [-0.05, 0) is 76.0 Å². The van der Waals surface area contributed by atoms with E-state index in [-0.39, 0.29) is 48.4 Å². The summed E-state index contributed by atoms with van der Waals surface area (Å²) >= 11 is 0. The summed E-state index contributed by atoms with van der Waals surface area (Å²) in [5, 5.41) is 18.2. The summed E-state index contributed by atoms with van der Waals surface area (Å²) in [5.74, 6) is -3.84. The number of benzene rings is 2. The highest BCUT2D eigenvalue weighted by Crippen LogP contribution is 2.30. The van der Waals surface area contributed by atoms with Crippen molar-refractivity contribution in [1.82, 2.24) is 16.0 Å². The van der Waals surface area contributed by atoms with Gasteiger partial charge in [-0.25, -0.2) is 0 Å². The van der Waals surface area contributed by atoms with E-state index in [1.54, 1.807) is 19.1 Å². The van der Waals surface area contributed by atoms with E-state index in [0.29, 0.717) is 18.4 Å². The molecule has 0 aliphatic heterocycles. The second-order valence-corrected chi connectivity index (χ2v) is 15.9. The summed E-state index contributed by atoms with van der Waals surface area (Å²) in [6.45, 7) is 5.21. The molecule has 1 aliphatic carbocycles. The first kappa shape index (κ1) is 43.2. The summed E-state index contributed by atoms with van der Waals surface area (Å²) in [5.41, 5.74) is 2.30. The Labute approximate surface area is 315 Å². The van der Waals surface area contributed by atoms with Crippen LogP contribution in [0.1, 0.15) is 93.1 Å². The zero-order valence-electron chi connectivity index (χ0n) is 32.5. The van der Waals surface area contributed by atoms with Gasteiger partial charge in [-0.2, -0.15) is 0 Å². The van der Waals surface area contributed by atoms with Gasteiger partial charge in [0.15, 0.2) is 17.3 Å². The number of quaternary nitrogens is 1. The lowest BCUT2D eigenvalue weighted by atomic mass is 9.86. The predicted molar refractivity (Wildman–Crippen MR) is 205 cm³/mol. The fourth-order valence-electron chi connectivity index (χ4n) is 6.86. The minimum Gasteiger partial charge on any atom is -0.394 e.